The highest BCUT2D eigenvalue weighted by molar-refractivity contribution is 7.89. The SMILES string of the molecule is CCC(C)NC(=O)CCNC(=O)c1cccc(S(=O)(=O)N(C)C)c1. The molecule has 0 aliphatic rings. The van der Waals surface area contributed by atoms with Gasteiger partial charge in [-0.2, -0.15) is 0 Å². The number of carbonyl (C=O) groups excluding carboxylic acids is 2. The van der Waals surface area contributed by atoms with Gasteiger partial charge >= 0.3 is 0 Å². The summed E-state index contributed by atoms with van der Waals surface area (Å²) in [7, 11) is -0.737. The van der Waals surface area contributed by atoms with Gasteiger partial charge in [0.25, 0.3) is 5.91 Å². The summed E-state index contributed by atoms with van der Waals surface area (Å²) in [5.74, 6) is -0.546. The lowest BCUT2D eigenvalue weighted by Crippen LogP contribution is -2.35. The normalized spacial score (nSPS) is 12.7. The van der Waals surface area contributed by atoms with Gasteiger partial charge in [-0.3, -0.25) is 9.59 Å². The van der Waals surface area contributed by atoms with Gasteiger partial charge in [0.15, 0.2) is 0 Å². The topological polar surface area (TPSA) is 95.6 Å². The fourth-order valence-corrected chi connectivity index (χ4v) is 2.80. The van der Waals surface area contributed by atoms with Gasteiger partial charge in [0.1, 0.15) is 0 Å². The molecule has 0 fully saturated rings. The minimum absolute atomic E-state index is 0.0506. The van der Waals surface area contributed by atoms with E-state index in [1.807, 2.05) is 13.8 Å². The molecule has 0 bridgehead atoms. The lowest BCUT2D eigenvalue weighted by Gasteiger charge is -2.13. The second-order valence-corrected chi connectivity index (χ2v) is 7.85. The lowest BCUT2D eigenvalue weighted by molar-refractivity contribution is -0.121. The minimum atomic E-state index is -3.59. The number of nitrogens with zero attached hydrogens (tertiary/aromatic N) is 1. The Morgan fingerprint density at radius 1 is 1.25 bits per heavy atom. The van der Waals surface area contributed by atoms with Crippen molar-refractivity contribution in [1.29, 1.82) is 0 Å². The third-order valence-electron chi connectivity index (χ3n) is 3.53. The molecule has 2 amide bonds. The van der Waals surface area contributed by atoms with Crippen LogP contribution in [0.25, 0.3) is 0 Å². The highest BCUT2D eigenvalue weighted by Crippen LogP contribution is 2.14. The molecule has 0 aromatic heterocycles. The van der Waals surface area contributed by atoms with Gasteiger partial charge in [0, 0.05) is 38.7 Å². The van der Waals surface area contributed by atoms with E-state index in [0.717, 1.165) is 10.7 Å². The Balaban J connectivity index is 2.65. The second kappa shape index (κ2) is 8.79. The van der Waals surface area contributed by atoms with Gasteiger partial charge in [-0.15, -0.1) is 0 Å². The van der Waals surface area contributed by atoms with Crippen molar-refractivity contribution in [2.24, 2.45) is 0 Å². The van der Waals surface area contributed by atoms with Crippen molar-refractivity contribution in [3.8, 4) is 0 Å². The second-order valence-electron chi connectivity index (χ2n) is 5.70. The van der Waals surface area contributed by atoms with Gasteiger partial charge in [-0.25, -0.2) is 12.7 Å². The average molecular weight is 355 g/mol. The summed E-state index contributed by atoms with van der Waals surface area (Å²) in [5.41, 5.74) is 0.236. The predicted molar refractivity (Wildman–Crippen MR) is 92.2 cm³/mol. The van der Waals surface area contributed by atoms with Crippen molar-refractivity contribution in [1.82, 2.24) is 14.9 Å². The molecule has 134 valence electrons. The number of amides is 2. The fraction of sp³-hybridized carbons (Fsp3) is 0.500. The van der Waals surface area contributed by atoms with E-state index in [9.17, 15) is 18.0 Å². The molecule has 0 spiro atoms. The molecule has 1 unspecified atom stereocenters. The number of hydrogen-bond acceptors (Lipinski definition) is 4. The monoisotopic (exact) mass is 355 g/mol. The molecule has 7 nitrogen and oxygen atoms in total. The van der Waals surface area contributed by atoms with Crippen LogP contribution in [0.2, 0.25) is 0 Å². The number of hydrogen-bond donors (Lipinski definition) is 2. The molecule has 0 saturated heterocycles. The van der Waals surface area contributed by atoms with Gasteiger partial charge < -0.3 is 10.6 Å². The number of nitrogens with one attached hydrogen (secondary N) is 2. The van der Waals surface area contributed by atoms with Crippen molar-refractivity contribution in [2.75, 3.05) is 20.6 Å². The van der Waals surface area contributed by atoms with Crippen LogP contribution in [-0.2, 0) is 14.8 Å². The van der Waals surface area contributed by atoms with Crippen LogP contribution in [0.5, 0.6) is 0 Å². The first kappa shape index (κ1) is 20.1. The molecule has 1 rings (SSSR count). The van der Waals surface area contributed by atoms with E-state index in [4.69, 9.17) is 0 Å². The molecule has 8 heteroatoms. The Hall–Kier alpha value is -1.93. The molecule has 0 radical (unpaired) electrons. The summed E-state index contributed by atoms with van der Waals surface area (Å²) in [4.78, 5) is 23.8. The summed E-state index contributed by atoms with van der Waals surface area (Å²) in [6, 6.07) is 5.90. The summed E-state index contributed by atoms with van der Waals surface area (Å²) >= 11 is 0. The first-order valence-electron chi connectivity index (χ1n) is 7.78. The molecule has 0 aliphatic heterocycles. The maximum absolute atomic E-state index is 12.1. The molecule has 24 heavy (non-hydrogen) atoms. The average Bonchev–Trinajstić information content (AvgIpc) is 2.54. The van der Waals surface area contributed by atoms with Crippen molar-refractivity contribution in [3.05, 3.63) is 29.8 Å². The standard InChI is InChI=1S/C16H25N3O4S/c1-5-12(2)18-15(20)9-10-17-16(21)13-7-6-8-14(11-13)24(22,23)19(3)4/h6-8,11-12H,5,9-10H2,1-4H3,(H,17,21)(H,18,20). The van der Waals surface area contributed by atoms with Gasteiger partial charge in [-0.1, -0.05) is 13.0 Å². The van der Waals surface area contributed by atoms with Crippen LogP contribution in [0.3, 0.4) is 0 Å². The lowest BCUT2D eigenvalue weighted by atomic mass is 10.2. The molecule has 1 aromatic rings. The van der Waals surface area contributed by atoms with Crippen LogP contribution in [-0.4, -0.2) is 51.2 Å². The molecular formula is C16H25N3O4S. The van der Waals surface area contributed by atoms with Crippen molar-refractivity contribution in [3.63, 3.8) is 0 Å². The van der Waals surface area contributed by atoms with Crippen molar-refractivity contribution in [2.45, 2.75) is 37.6 Å². The number of benzene rings is 1. The van der Waals surface area contributed by atoms with Gasteiger partial charge in [-0.05, 0) is 31.5 Å². The molecule has 0 saturated carbocycles. The summed E-state index contributed by atoms with van der Waals surface area (Å²) in [6.07, 6.45) is 1.01. The Kier molecular flexibility index (Phi) is 7.37. The fourth-order valence-electron chi connectivity index (χ4n) is 1.85. The Labute approximate surface area is 143 Å². The van der Waals surface area contributed by atoms with Crippen LogP contribution in [0.1, 0.15) is 37.0 Å². The molecular weight excluding hydrogens is 330 g/mol. The summed E-state index contributed by atoms with van der Waals surface area (Å²) < 4.78 is 25.3. The Bertz CT molecular complexity index is 686. The zero-order chi connectivity index (χ0) is 18.3. The summed E-state index contributed by atoms with van der Waals surface area (Å²) in [5, 5.41) is 5.43. The number of rotatable bonds is 8. The maximum Gasteiger partial charge on any atom is 0.251 e. The zero-order valence-corrected chi connectivity index (χ0v) is 15.3. The van der Waals surface area contributed by atoms with E-state index < -0.39 is 15.9 Å². The molecule has 1 atom stereocenters. The Morgan fingerprint density at radius 2 is 1.92 bits per heavy atom. The number of carbonyl (C=O) groups is 2. The highest BCUT2D eigenvalue weighted by Gasteiger charge is 2.18. The molecule has 0 aliphatic carbocycles. The first-order valence-corrected chi connectivity index (χ1v) is 9.22. The summed E-state index contributed by atoms with van der Waals surface area (Å²) in [6.45, 7) is 4.07. The van der Waals surface area contributed by atoms with E-state index >= 15 is 0 Å². The van der Waals surface area contributed by atoms with Gasteiger partial charge in [0.2, 0.25) is 15.9 Å². The predicted octanol–water partition coefficient (Wildman–Crippen LogP) is 0.972. The van der Waals surface area contributed by atoms with Crippen LogP contribution < -0.4 is 10.6 Å². The quantitative estimate of drug-likeness (QED) is 0.726. The van der Waals surface area contributed by atoms with E-state index in [1.54, 1.807) is 0 Å². The van der Waals surface area contributed by atoms with Gasteiger partial charge in [0.05, 0.1) is 4.90 Å². The Morgan fingerprint density at radius 3 is 2.50 bits per heavy atom. The van der Waals surface area contributed by atoms with Crippen LogP contribution in [0.4, 0.5) is 0 Å². The maximum atomic E-state index is 12.1. The molecule has 0 heterocycles. The van der Waals surface area contributed by atoms with E-state index in [1.165, 1.54) is 38.4 Å². The van der Waals surface area contributed by atoms with Crippen molar-refractivity contribution < 1.29 is 18.0 Å². The minimum Gasteiger partial charge on any atom is -0.354 e. The van der Waals surface area contributed by atoms with Crippen LogP contribution >= 0.6 is 0 Å². The first-order chi connectivity index (χ1) is 11.2. The van der Waals surface area contributed by atoms with E-state index in [0.29, 0.717) is 0 Å². The van der Waals surface area contributed by atoms with Crippen LogP contribution in [0.15, 0.2) is 29.2 Å². The van der Waals surface area contributed by atoms with E-state index in [2.05, 4.69) is 10.6 Å². The largest absolute Gasteiger partial charge is 0.354 e. The third-order valence-corrected chi connectivity index (χ3v) is 5.34. The highest BCUT2D eigenvalue weighted by atomic mass is 32.2. The van der Waals surface area contributed by atoms with E-state index in [-0.39, 0.29) is 35.4 Å². The van der Waals surface area contributed by atoms with Crippen molar-refractivity contribution >= 4 is 21.8 Å². The van der Waals surface area contributed by atoms with Crippen LogP contribution in [0, 0.1) is 0 Å². The molecule has 1 aromatic carbocycles. The molecule has 2 N–H and O–H groups in total. The number of sulfonamides is 1. The third kappa shape index (κ3) is 5.61. The zero-order valence-electron chi connectivity index (χ0n) is 14.5. The smallest absolute Gasteiger partial charge is 0.251 e.